The molecule has 0 heterocycles. The molecule has 0 aliphatic heterocycles. The Morgan fingerprint density at radius 1 is 1.32 bits per heavy atom. The number of amides is 1. The SMILES string of the molecule is CCS(=O)(=O)CC(=O)NCCc1ccc(C(=O)O)cc1OC. The van der Waals surface area contributed by atoms with E-state index in [4.69, 9.17) is 9.84 Å². The van der Waals surface area contributed by atoms with Gasteiger partial charge in [0.1, 0.15) is 11.5 Å². The molecule has 0 unspecified atom stereocenters. The van der Waals surface area contributed by atoms with Crippen LogP contribution in [0.5, 0.6) is 5.75 Å². The minimum absolute atomic E-state index is 0.0785. The van der Waals surface area contributed by atoms with Crippen LogP contribution in [0.3, 0.4) is 0 Å². The third kappa shape index (κ3) is 5.36. The van der Waals surface area contributed by atoms with E-state index in [1.54, 1.807) is 6.07 Å². The zero-order valence-electron chi connectivity index (χ0n) is 12.5. The molecular weight excluding hydrogens is 310 g/mol. The molecule has 7 nitrogen and oxygen atoms in total. The number of sulfone groups is 1. The number of carboxylic acids is 1. The lowest BCUT2D eigenvalue weighted by atomic mass is 10.1. The molecule has 0 atom stereocenters. The standard InChI is InChI=1S/C14H19NO6S/c1-3-22(19,20)9-13(16)15-7-6-10-4-5-11(14(17)18)8-12(10)21-2/h4-5,8H,3,6-7,9H2,1-2H3,(H,15,16)(H,17,18). The van der Waals surface area contributed by atoms with Gasteiger partial charge in [-0.3, -0.25) is 4.79 Å². The Labute approximate surface area is 129 Å². The lowest BCUT2D eigenvalue weighted by Gasteiger charge is -2.10. The summed E-state index contributed by atoms with van der Waals surface area (Å²) in [6.07, 6.45) is 0.404. The van der Waals surface area contributed by atoms with Crippen LogP contribution >= 0.6 is 0 Å². The molecule has 0 saturated carbocycles. The van der Waals surface area contributed by atoms with E-state index in [0.29, 0.717) is 12.2 Å². The quantitative estimate of drug-likeness (QED) is 0.718. The van der Waals surface area contributed by atoms with Crippen molar-refractivity contribution in [3.8, 4) is 5.75 Å². The molecule has 0 fully saturated rings. The van der Waals surface area contributed by atoms with Crippen molar-refractivity contribution in [1.82, 2.24) is 5.32 Å². The molecule has 0 spiro atoms. The molecule has 1 rings (SSSR count). The van der Waals surface area contributed by atoms with Crippen molar-refractivity contribution in [2.24, 2.45) is 0 Å². The molecule has 1 aromatic rings. The summed E-state index contributed by atoms with van der Waals surface area (Å²) < 4.78 is 27.7. The first kappa shape index (κ1) is 18.0. The number of aromatic carboxylic acids is 1. The zero-order valence-corrected chi connectivity index (χ0v) is 13.3. The average Bonchev–Trinajstić information content (AvgIpc) is 2.46. The van der Waals surface area contributed by atoms with Crippen molar-refractivity contribution in [1.29, 1.82) is 0 Å². The van der Waals surface area contributed by atoms with Crippen molar-refractivity contribution in [2.75, 3.05) is 25.2 Å². The van der Waals surface area contributed by atoms with Gasteiger partial charge in [-0.25, -0.2) is 13.2 Å². The number of rotatable bonds is 8. The Morgan fingerprint density at radius 2 is 2.00 bits per heavy atom. The second kappa shape index (κ2) is 7.79. The van der Waals surface area contributed by atoms with E-state index in [9.17, 15) is 18.0 Å². The highest BCUT2D eigenvalue weighted by Crippen LogP contribution is 2.20. The predicted molar refractivity (Wildman–Crippen MR) is 81.0 cm³/mol. The summed E-state index contributed by atoms with van der Waals surface area (Å²) in [6.45, 7) is 1.72. The van der Waals surface area contributed by atoms with Crippen molar-refractivity contribution in [3.05, 3.63) is 29.3 Å². The summed E-state index contributed by atoms with van der Waals surface area (Å²) in [5.74, 6) is -1.80. The summed E-state index contributed by atoms with van der Waals surface area (Å²) in [5, 5.41) is 11.4. The number of methoxy groups -OCH3 is 1. The number of hydrogen-bond acceptors (Lipinski definition) is 5. The normalized spacial score (nSPS) is 11.0. The second-order valence-corrected chi connectivity index (χ2v) is 6.96. The lowest BCUT2D eigenvalue weighted by molar-refractivity contribution is -0.118. The number of carbonyl (C=O) groups is 2. The monoisotopic (exact) mass is 329 g/mol. The Morgan fingerprint density at radius 3 is 2.55 bits per heavy atom. The van der Waals surface area contributed by atoms with Gasteiger partial charge in [0.15, 0.2) is 9.84 Å². The van der Waals surface area contributed by atoms with E-state index < -0.39 is 27.5 Å². The minimum Gasteiger partial charge on any atom is -0.496 e. The van der Waals surface area contributed by atoms with E-state index in [2.05, 4.69) is 5.32 Å². The molecule has 1 amide bonds. The maximum absolute atomic E-state index is 11.5. The number of carbonyl (C=O) groups excluding carboxylic acids is 1. The lowest BCUT2D eigenvalue weighted by Crippen LogP contribution is -2.32. The first-order chi connectivity index (χ1) is 10.3. The van der Waals surface area contributed by atoms with Gasteiger partial charge in [-0.2, -0.15) is 0 Å². The highest BCUT2D eigenvalue weighted by molar-refractivity contribution is 7.92. The number of benzene rings is 1. The number of ether oxygens (including phenoxy) is 1. The van der Waals surface area contributed by atoms with E-state index in [1.165, 1.54) is 26.2 Å². The van der Waals surface area contributed by atoms with Crippen molar-refractivity contribution >= 4 is 21.7 Å². The van der Waals surface area contributed by atoms with Crippen molar-refractivity contribution < 1.29 is 27.9 Å². The number of carboxylic acid groups (broad SMARTS) is 1. The molecule has 2 N–H and O–H groups in total. The summed E-state index contributed by atoms with van der Waals surface area (Å²) in [5.41, 5.74) is 0.838. The Hall–Kier alpha value is -2.09. The molecule has 0 aliphatic rings. The van der Waals surface area contributed by atoms with Crippen LogP contribution in [-0.4, -0.2) is 50.6 Å². The average molecular weight is 329 g/mol. The zero-order chi connectivity index (χ0) is 16.8. The first-order valence-electron chi connectivity index (χ1n) is 6.66. The van der Waals surface area contributed by atoms with Gasteiger partial charge in [0.05, 0.1) is 12.7 Å². The molecule has 1 aromatic carbocycles. The number of nitrogens with one attached hydrogen (secondary N) is 1. The van der Waals surface area contributed by atoms with Gasteiger partial charge in [0, 0.05) is 12.3 Å². The molecule has 0 aliphatic carbocycles. The molecular formula is C14H19NO6S. The fourth-order valence-corrected chi connectivity index (χ4v) is 2.48. The summed E-state index contributed by atoms with van der Waals surface area (Å²) in [6, 6.07) is 4.46. The van der Waals surface area contributed by atoms with Crippen molar-refractivity contribution in [3.63, 3.8) is 0 Å². The topological polar surface area (TPSA) is 110 Å². The summed E-state index contributed by atoms with van der Waals surface area (Å²) in [7, 11) is -1.92. The van der Waals surface area contributed by atoms with Crippen molar-refractivity contribution in [2.45, 2.75) is 13.3 Å². The van der Waals surface area contributed by atoms with Gasteiger partial charge in [-0.15, -0.1) is 0 Å². The first-order valence-corrected chi connectivity index (χ1v) is 8.48. The maximum Gasteiger partial charge on any atom is 0.335 e. The molecule has 0 bridgehead atoms. The van der Waals surface area contributed by atoms with E-state index in [0.717, 1.165) is 5.56 Å². The van der Waals surface area contributed by atoms with E-state index >= 15 is 0 Å². The van der Waals surface area contributed by atoms with Crippen LogP contribution in [0.2, 0.25) is 0 Å². The summed E-state index contributed by atoms with van der Waals surface area (Å²) >= 11 is 0. The maximum atomic E-state index is 11.5. The van der Waals surface area contributed by atoms with Crippen LogP contribution in [0.1, 0.15) is 22.8 Å². The van der Waals surface area contributed by atoms with Crippen LogP contribution in [0.25, 0.3) is 0 Å². The molecule has 0 aromatic heterocycles. The van der Waals surface area contributed by atoms with Crippen LogP contribution in [0, 0.1) is 0 Å². The molecule has 0 saturated heterocycles. The van der Waals surface area contributed by atoms with Gasteiger partial charge in [0.25, 0.3) is 0 Å². The third-order valence-electron chi connectivity index (χ3n) is 3.04. The smallest absolute Gasteiger partial charge is 0.335 e. The second-order valence-electron chi connectivity index (χ2n) is 4.61. The number of hydrogen-bond donors (Lipinski definition) is 2. The van der Waals surface area contributed by atoms with Crippen LogP contribution in [-0.2, 0) is 21.1 Å². The Kier molecular flexibility index (Phi) is 6.36. The Balaban J connectivity index is 2.62. The molecule has 0 radical (unpaired) electrons. The molecule has 122 valence electrons. The van der Waals surface area contributed by atoms with E-state index in [-0.39, 0.29) is 17.9 Å². The largest absolute Gasteiger partial charge is 0.496 e. The van der Waals surface area contributed by atoms with Gasteiger partial charge in [-0.1, -0.05) is 13.0 Å². The molecule has 22 heavy (non-hydrogen) atoms. The highest BCUT2D eigenvalue weighted by Gasteiger charge is 2.14. The van der Waals surface area contributed by atoms with Gasteiger partial charge in [0.2, 0.25) is 5.91 Å². The fraction of sp³-hybridized carbons (Fsp3) is 0.429. The predicted octanol–water partition coefficient (Wildman–Crippen LogP) is 0.487. The van der Waals surface area contributed by atoms with Gasteiger partial charge in [-0.05, 0) is 24.1 Å². The Bertz CT molecular complexity index is 653. The fourth-order valence-electron chi connectivity index (χ4n) is 1.77. The van der Waals surface area contributed by atoms with Crippen LogP contribution in [0.15, 0.2) is 18.2 Å². The third-order valence-corrected chi connectivity index (χ3v) is 4.62. The van der Waals surface area contributed by atoms with Gasteiger partial charge >= 0.3 is 5.97 Å². The van der Waals surface area contributed by atoms with Crippen LogP contribution in [0.4, 0.5) is 0 Å². The highest BCUT2D eigenvalue weighted by atomic mass is 32.2. The minimum atomic E-state index is -3.34. The summed E-state index contributed by atoms with van der Waals surface area (Å²) in [4.78, 5) is 22.4. The van der Waals surface area contributed by atoms with Gasteiger partial charge < -0.3 is 15.2 Å². The van der Waals surface area contributed by atoms with Crippen LogP contribution < -0.4 is 10.1 Å². The molecule has 8 heteroatoms. The van der Waals surface area contributed by atoms with E-state index in [1.807, 2.05) is 0 Å².